The highest BCUT2D eigenvalue weighted by molar-refractivity contribution is 8.08. The Morgan fingerprint density at radius 3 is 2.38 bits per heavy atom. The van der Waals surface area contributed by atoms with Crippen molar-refractivity contribution in [2.75, 3.05) is 6.61 Å². The smallest absolute Gasteiger partial charge is 0.338 e. The molecule has 3 heteroatoms. The van der Waals surface area contributed by atoms with Crippen molar-refractivity contribution in [3.8, 4) is 11.8 Å². The van der Waals surface area contributed by atoms with Crippen LogP contribution in [0.1, 0.15) is 59.8 Å². The summed E-state index contributed by atoms with van der Waals surface area (Å²) in [4.78, 5) is 14.3. The fourth-order valence-electron chi connectivity index (χ4n) is 3.74. The quantitative estimate of drug-likeness (QED) is 0.322. The molecule has 0 saturated carbocycles. The van der Waals surface area contributed by atoms with Gasteiger partial charge in [0.05, 0.1) is 12.2 Å². The summed E-state index contributed by atoms with van der Waals surface area (Å²) < 4.78 is 5.04. The average molecular weight is 439 g/mol. The van der Waals surface area contributed by atoms with E-state index in [-0.39, 0.29) is 11.4 Å². The van der Waals surface area contributed by atoms with Crippen molar-refractivity contribution in [2.45, 2.75) is 37.5 Å². The molecule has 160 valence electrons. The molecule has 0 aliphatic heterocycles. The molecular formula is C29H26O2S. The summed E-state index contributed by atoms with van der Waals surface area (Å²) in [6.45, 7) is 6.76. The Balaban J connectivity index is 1.61. The highest BCUT2D eigenvalue weighted by atomic mass is 32.2. The van der Waals surface area contributed by atoms with E-state index in [0.29, 0.717) is 12.2 Å². The summed E-state index contributed by atoms with van der Waals surface area (Å²) in [5, 5.41) is 0. The van der Waals surface area contributed by atoms with E-state index in [9.17, 15) is 4.79 Å². The van der Waals surface area contributed by atoms with Crippen molar-refractivity contribution >= 4 is 22.6 Å². The van der Waals surface area contributed by atoms with Crippen LogP contribution in [0.15, 0.2) is 83.8 Å². The van der Waals surface area contributed by atoms with E-state index in [1.807, 2.05) is 30.0 Å². The molecule has 2 nitrogen and oxygen atoms in total. The zero-order valence-corrected chi connectivity index (χ0v) is 19.5. The van der Waals surface area contributed by atoms with Crippen molar-refractivity contribution in [3.05, 3.63) is 107 Å². The van der Waals surface area contributed by atoms with Gasteiger partial charge >= 0.3 is 5.97 Å². The van der Waals surface area contributed by atoms with Crippen molar-refractivity contribution in [2.24, 2.45) is 0 Å². The van der Waals surface area contributed by atoms with E-state index in [2.05, 4.69) is 74.2 Å². The van der Waals surface area contributed by atoms with Crippen molar-refractivity contribution in [1.82, 2.24) is 0 Å². The van der Waals surface area contributed by atoms with Gasteiger partial charge in [-0.1, -0.05) is 67.8 Å². The number of benzene rings is 3. The van der Waals surface area contributed by atoms with Gasteiger partial charge in [0.25, 0.3) is 0 Å². The van der Waals surface area contributed by atoms with Crippen LogP contribution in [0.2, 0.25) is 0 Å². The number of hydrogen-bond acceptors (Lipinski definition) is 3. The van der Waals surface area contributed by atoms with E-state index in [4.69, 9.17) is 4.74 Å². The summed E-state index contributed by atoms with van der Waals surface area (Å²) >= 11 is 1.81. The number of esters is 1. The SMILES string of the molecule is CCOC(=O)c1ccc(C#Cc2ccc3c(c2)C(Sc2ccccc2)=CCC3(C)C)cc1. The molecule has 0 saturated heterocycles. The molecule has 0 N–H and O–H groups in total. The minimum atomic E-state index is -0.306. The second-order valence-electron chi connectivity index (χ2n) is 8.38. The number of carbonyl (C=O) groups excluding carboxylic acids is 1. The number of hydrogen-bond donors (Lipinski definition) is 0. The molecule has 0 amide bonds. The molecule has 0 radical (unpaired) electrons. The summed E-state index contributed by atoms with van der Waals surface area (Å²) in [7, 11) is 0. The zero-order valence-electron chi connectivity index (χ0n) is 18.6. The molecule has 0 spiro atoms. The third kappa shape index (κ3) is 4.98. The number of carbonyl (C=O) groups is 1. The van der Waals surface area contributed by atoms with Gasteiger partial charge in [-0.25, -0.2) is 4.79 Å². The van der Waals surface area contributed by atoms with Gasteiger partial charge in [0.1, 0.15) is 0 Å². The first-order valence-corrected chi connectivity index (χ1v) is 11.6. The minimum absolute atomic E-state index is 0.102. The normalized spacial score (nSPS) is 13.9. The van der Waals surface area contributed by atoms with E-state index in [1.165, 1.54) is 20.9 Å². The molecule has 1 aliphatic carbocycles. The molecule has 0 heterocycles. The molecule has 0 fully saturated rings. The minimum Gasteiger partial charge on any atom is -0.462 e. The molecule has 1 aliphatic rings. The lowest BCUT2D eigenvalue weighted by Gasteiger charge is -2.32. The van der Waals surface area contributed by atoms with Gasteiger partial charge in [-0.15, -0.1) is 0 Å². The van der Waals surface area contributed by atoms with E-state index in [0.717, 1.165) is 17.5 Å². The van der Waals surface area contributed by atoms with Crippen LogP contribution in [0.4, 0.5) is 0 Å². The van der Waals surface area contributed by atoms with Crippen LogP contribution in [-0.2, 0) is 10.2 Å². The number of fused-ring (bicyclic) bond motifs is 1. The fourth-order valence-corrected chi connectivity index (χ4v) is 4.74. The van der Waals surface area contributed by atoms with Gasteiger partial charge < -0.3 is 4.74 Å². The Morgan fingerprint density at radius 1 is 0.969 bits per heavy atom. The summed E-state index contributed by atoms with van der Waals surface area (Å²) in [5.41, 5.74) is 5.12. The highest BCUT2D eigenvalue weighted by Crippen LogP contribution is 2.45. The van der Waals surface area contributed by atoms with Gasteiger partial charge in [0.2, 0.25) is 0 Å². The first-order valence-electron chi connectivity index (χ1n) is 10.8. The lowest BCUT2D eigenvalue weighted by atomic mass is 9.75. The van der Waals surface area contributed by atoms with E-state index in [1.54, 1.807) is 19.1 Å². The topological polar surface area (TPSA) is 26.3 Å². The van der Waals surface area contributed by atoms with Crippen molar-refractivity contribution in [3.63, 3.8) is 0 Å². The predicted octanol–water partition coefficient (Wildman–Crippen LogP) is 7.08. The number of allylic oxidation sites excluding steroid dienone is 1. The van der Waals surface area contributed by atoms with Crippen molar-refractivity contribution < 1.29 is 9.53 Å². The van der Waals surface area contributed by atoms with Gasteiger partial charge in [-0.3, -0.25) is 0 Å². The first kappa shape index (κ1) is 22.0. The maximum absolute atomic E-state index is 11.8. The van der Waals surface area contributed by atoms with Gasteiger partial charge in [0, 0.05) is 20.9 Å². The molecule has 3 aromatic rings. The molecule has 32 heavy (non-hydrogen) atoms. The van der Waals surface area contributed by atoms with Crippen LogP contribution in [-0.4, -0.2) is 12.6 Å². The predicted molar refractivity (Wildman–Crippen MR) is 133 cm³/mol. The average Bonchev–Trinajstić information content (AvgIpc) is 2.81. The first-order chi connectivity index (χ1) is 15.5. The third-order valence-electron chi connectivity index (χ3n) is 5.53. The summed E-state index contributed by atoms with van der Waals surface area (Å²) in [6.07, 6.45) is 3.37. The Kier molecular flexibility index (Phi) is 6.53. The van der Waals surface area contributed by atoms with Gasteiger partial charge in [0.15, 0.2) is 0 Å². The Bertz CT molecular complexity index is 1210. The zero-order chi connectivity index (χ0) is 22.6. The van der Waals surface area contributed by atoms with Crippen LogP contribution < -0.4 is 0 Å². The van der Waals surface area contributed by atoms with Crippen LogP contribution in [0.5, 0.6) is 0 Å². The number of thioether (sulfide) groups is 1. The maximum atomic E-state index is 11.8. The second kappa shape index (κ2) is 9.51. The summed E-state index contributed by atoms with van der Waals surface area (Å²) in [5.74, 6) is 6.21. The van der Waals surface area contributed by atoms with Crippen LogP contribution in [0.25, 0.3) is 4.91 Å². The molecular weight excluding hydrogens is 412 g/mol. The number of rotatable bonds is 4. The van der Waals surface area contributed by atoms with Gasteiger partial charge in [-0.2, -0.15) is 0 Å². The van der Waals surface area contributed by atoms with Crippen LogP contribution in [0.3, 0.4) is 0 Å². The van der Waals surface area contributed by atoms with Crippen molar-refractivity contribution in [1.29, 1.82) is 0 Å². The molecule has 0 atom stereocenters. The summed E-state index contributed by atoms with van der Waals surface area (Å²) in [6, 6.07) is 24.3. The standard InChI is InChI=1S/C29H26O2S/c1-4-31-28(30)23-15-12-21(13-16-23)10-11-22-14-17-26-25(20-22)27(18-19-29(26,2)3)32-24-8-6-5-7-9-24/h5-9,12-18,20H,4,19H2,1-3H3. The molecule has 0 aromatic heterocycles. The monoisotopic (exact) mass is 438 g/mol. The van der Waals surface area contributed by atoms with E-state index < -0.39 is 0 Å². The maximum Gasteiger partial charge on any atom is 0.338 e. The molecule has 3 aromatic carbocycles. The van der Waals surface area contributed by atoms with E-state index >= 15 is 0 Å². The van der Waals surface area contributed by atoms with Crippen LogP contribution in [0, 0.1) is 11.8 Å². The lowest BCUT2D eigenvalue weighted by molar-refractivity contribution is 0.0526. The fraction of sp³-hybridized carbons (Fsp3) is 0.207. The van der Waals surface area contributed by atoms with Crippen LogP contribution >= 0.6 is 11.8 Å². The highest BCUT2D eigenvalue weighted by Gasteiger charge is 2.28. The molecule has 4 rings (SSSR count). The third-order valence-corrected chi connectivity index (χ3v) is 6.64. The van der Waals surface area contributed by atoms with Gasteiger partial charge in [-0.05, 0) is 78.4 Å². The number of ether oxygens (including phenoxy) is 1. The Hall–Kier alpha value is -3.22. The molecule has 0 bridgehead atoms. The second-order valence-corrected chi connectivity index (χ2v) is 9.50. The lowest BCUT2D eigenvalue weighted by Crippen LogP contribution is -2.21. The largest absolute Gasteiger partial charge is 0.462 e. The Morgan fingerprint density at radius 2 is 1.66 bits per heavy atom. The Labute approximate surface area is 194 Å². The molecule has 0 unspecified atom stereocenters.